The average molecular weight is 322 g/mol. The summed E-state index contributed by atoms with van der Waals surface area (Å²) in [7, 11) is 0. The van der Waals surface area contributed by atoms with Crippen molar-refractivity contribution in [1.29, 1.82) is 0 Å². The summed E-state index contributed by atoms with van der Waals surface area (Å²) in [6.45, 7) is 3.18. The molecule has 0 bridgehead atoms. The molecule has 0 fully saturated rings. The van der Waals surface area contributed by atoms with E-state index in [1.165, 1.54) is 6.92 Å². The second-order valence-electron chi connectivity index (χ2n) is 6.25. The summed E-state index contributed by atoms with van der Waals surface area (Å²) >= 11 is 0. The Kier molecular flexibility index (Phi) is 3.23. The summed E-state index contributed by atoms with van der Waals surface area (Å²) in [6.07, 6.45) is -0.291. The van der Waals surface area contributed by atoms with Crippen LogP contribution >= 0.6 is 0 Å². The van der Waals surface area contributed by atoms with Crippen LogP contribution in [0.3, 0.4) is 0 Å². The lowest BCUT2D eigenvalue weighted by Crippen LogP contribution is -2.23. The molecule has 122 valence electrons. The zero-order chi connectivity index (χ0) is 17.0. The highest BCUT2D eigenvalue weighted by molar-refractivity contribution is 6.11. The molecule has 4 rings (SSSR count). The average Bonchev–Trinajstić information content (AvgIpc) is 2.96. The quantitative estimate of drug-likeness (QED) is 0.531. The van der Waals surface area contributed by atoms with Crippen molar-refractivity contribution in [2.24, 2.45) is 0 Å². The SMILES string of the molecule is Cc1c(C(O)C(C)O)cc2c3[nH]c4ccccc4c3ccn2c1=O. The van der Waals surface area contributed by atoms with E-state index in [4.69, 9.17) is 0 Å². The molecule has 0 saturated heterocycles. The van der Waals surface area contributed by atoms with Crippen LogP contribution in [0.5, 0.6) is 0 Å². The fraction of sp³-hybridized carbons (Fsp3) is 0.211. The molecule has 1 aromatic carbocycles. The van der Waals surface area contributed by atoms with Crippen molar-refractivity contribution in [2.75, 3.05) is 0 Å². The van der Waals surface area contributed by atoms with Crippen LogP contribution in [0.1, 0.15) is 24.2 Å². The number of para-hydroxylation sites is 1. The van der Waals surface area contributed by atoms with Crippen molar-refractivity contribution >= 4 is 27.3 Å². The predicted molar refractivity (Wildman–Crippen MR) is 94.4 cm³/mol. The summed E-state index contributed by atoms with van der Waals surface area (Å²) in [5.41, 5.74) is 3.23. The van der Waals surface area contributed by atoms with E-state index in [9.17, 15) is 15.0 Å². The van der Waals surface area contributed by atoms with Gasteiger partial charge >= 0.3 is 0 Å². The van der Waals surface area contributed by atoms with Gasteiger partial charge in [-0.15, -0.1) is 0 Å². The summed E-state index contributed by atoms with van der Waals surface area (Å²) in [6, 6.07) is 11.7. The van der Waals surface area contributed by atoms with Gasteiger partial charge in [0.15, 0.2) is 0 Å². The first-order valence-electron chi connectivity index (χ1n) is 7.90. The van der Waals surface area contributed by atoms with Crippen LogP contribution in [0.15, 0.2) is 47.4 Å². The Morgan fingerprint density at radius 2 is 1.88 bits per heavy atom. The zero-order valence-electron chi connectivity index (χ0n) is 13.4. The van der Waals surface area contributed by atoms with E-state index in [0.717, 1.165) is 21.8 Å². The number of nitrogens with zero attached hydrogens (tertiary/aromatic N) is 1. The number of pyridine rings is 2. The van der Waals surface area contributed by atoms with E-state index in [2.05, 4.69) is 4.98 Å². The molecule has 0 radical (unpaired) electrons. The number of rotatable bonds is 2. The summed E-state index contributed by atoms with van der Waals surface area (Å²) in [5.74, 6) is 0. The van der Waals surface area contributed by atoms with E-state index >= 15 is 0 Å². The second kappa shape index (κ2) is 5.19. The monoisotopic (exact) mass is 322 g/mol. The second-order valence-corrected chi connectivity index (χ2v) is 6.25. The number of nitrogens with one attached hydrogen (secondary N) is 1. The zero-order valence-corrected chi connectivity index (χ0v) is 13.4. The van der Waals surface area contributed by atoms with Gasteiger partial charge < -0.3 is 15.2 Å². The van der Waals surface area contributed by atoms with Gasteiger partial charge in [-0.25, -0.2) is 0 Å². The van der Waals surface area contributed by atoms with E-state index in [1.807, 2.05) is 30.3 Å². The molecule has 3 aromatic heterocycles. The molecule has 0 aliphatic rings. The van der Waals surface area contributed by atoms with E-state index in [0.29, 0.717) is 16.6 Å². The van der Waals surface area contributed by atoms with E-state index in [1.54, 1.807) is 23.6 Å². The van der Waals surface area contributed by atoms with Crippen LogP contribution in [0.25, 0.3) is 27.3 Å². The first kappa shape index (κ1) is 14.9. The van der Waals surface area contributed by atoms with Crippen molar-refractivity contribution in [3.05, 3.63) is 64.1 Å². The molecule has 24 heavy (non-hydrogen) atoms. The summed E-state index contributed by atoms with van der Waals surface area (Å²) < 4.78 is 1.57. The third-order valence-corrected chi connectivity index (χ3v) is 4.69. The Bertz CT molecular complexity index is 1140. The normalized spacial score (nSPS) is 14.5. The van der Waals surface area contributed by atoms with Gasteiger partial charge in [0.05, 0.1) is 17.1 Å². The molecule has 0 saturated carbocycles. The first-order valence-corrected chi connectivity index (χ1v) is 7.90. The Morgan fingerprint density at radius 1 is 1.12 bits per heavy atom. The van der Waals surface area contributed by atoms with Crippen molar-refractivity contribution in [2.45, 2.75) is 26.1 Å². The predicted octanol–water partition coefficient (Wildman–Crippen LogP) is 2.66. The molecule has 2 atom stereocenters. The highest BCUT2D eigenvalue weighted by Crippen LogP contribution is 2.29. The van der Waals surface area contributed by atoms with Gasteiger partial charge in [0.2, 0.25) is 0 Å². The molecule has 0 aliphatic heterocycles. The van der Waals surface area contributed by atoms with E-state index in [-0.39, 0.29) is 5.56 Å². The molecule has 5 nitrogen and oxygen atoms in total. The van der Waals surface area contributed by atoms with Crippen molar-refractivity contribution in [1.82, 2.24) is 9.38 Å². The van der Waals surface area contributed by atoms with Crippen molar-refractivity contribution < 1.29 is 10.2 Å². The molecule has 0 amide bonds. The molecule has 3 N–H and O–H groups in total. The van der Waals surface area contributed by atoms with Crippen LogP contribution in [-0.2, 0) is 0 Å². The number of hydrogen-bond acceptors (Lipinski definition) is 3. The molecular formula is C19H18N2O3. The number of aliphatic hydroxyl groups is 2. The van der Waals surface area contributed by atoms with Gasteiger partial charge in [-0.2, -0.15) is 0 Å². The van der Waals surface area contributed by atoms with Crippen molar-refractivity contribution in [3.63, 3.8) is 0 Å². The number of benzene rings is 1. The molecular weight excluding hydrogens is 304 g/mol. The lowest BCUT2D eigenvalue weighted by molar-refractivity contribution is 0.0301. The number of H-pyrrole nitrogens is 1. The topological polar surface area (TPSA) is 77.7 Å². The Hall–Kier alpha value is -2.63. The molecule has 2 unspecified atom stereocenters. The van der Waals surface area contributed by atoms with Gasteiger partial charge in [0, 0.05) is 28.0 Å². The Morgan fingerprint density at radius 3 is 2.62 bits per heavy atom. The lowest BCUT2D eigenvalue weighted by atomic mass is 10.0. The maximum absolute atomic E-state index is 12.7. The third-order valence-electron chi connectivity index (χ3n) is 4.69. The molecule has 5 heteroatoms. The van der Waals surface area contributed by atoms with Gasteiger partial charge in [-0.3, -0.25) is 9.20 Å². The maximum Gasteiger partial charge on any atom is 0.258 e. The number of hydrogen-bond donors (Lipinski definition) is 3. The minimum Gasteiger partial charge on any atom is -0.390 e. The van der Waals surface area contributed by atoms with Gasteiger partial charge in [-0.1, -0.05) is 18.2 Å². The van der Waals surface area contributed by atoms with Crippen LogP contribution in [0.2, 0.25) is 0 Å². The van der Waals surface area contributed by atoms with Gasteiger partial charge in [0.25, 0.3) is 5.56 Å². The van der Waals surface area contributed by atoms with Crippen LogP contribution in [0, 0.1) is 6.92 Å². The minimum atomic E-state index is -1.10. The smallest absolute Gasteiger partial charge is 0.258 e. The highest BCUT2D eigenvalue weighted by Gasteiger charge is 2.20. The molecule has 0 aliphatic carbocycles. The minimum absolute atomic E-state index is 0.192. The van der Waals surface area contributed by atoms with Crippen LogP contribution in [-0.4, -0.2) is 25.7 Å². The van der Waals surface area contributed by atoms with E-state index < -0.39 is 12.2 Å². The standard InChI is InChI=1S/C19H18N2O3/c1-10-14(18(23)11(2)22)9-16-17-13(7-8-21(16)19(10)24)12-5-3-4-6-15(12)20-17/h3-9,11,18,20,22-23H,1-2H3. The summed E-state index contributed by atoms with van der Waals surface area (Å²) in [4.78, 5) is 16.1. The maximum atomic E-state index is 12.7. The number of aromatic nitrogens is 2. The van der Waals surface area contributed by atoms with Gasteiger partial charge in [0.1, 0.15) is 6.10 Å². The number of fused-ring (bicyclic) bond motifs is 5. The van der Waals surface area contributed by atoms with Gasteiger partial charge in [-0.05, 0) is 37.6 Å². The first-order chi connectivity index (χ1) is 11.5. The Labute approximate surface area is 137 Å². The highest BCUT2D eigenvalue weighted by atomic mass is 16.3. The summed E-state index contributed by atoms with van der Waals surface area (Å²) in [5, 5.41) is 22.1. The van der Waals surface area contributed by atoms with Crippen LogP contribution in [0.4, 0.5) is 0 Å². The largest absolute Gasteiger partial charge is 0.390 e. The van der Waals surface area contributed by atoms with Crippen molar-refractivity contribution in [3.8, 4) is 0 Å². The Balaban J connectivity index is 2.17. The number of aliphatic hydroxyl groups excluding tert-OH is 2. The molecule has 3 heterocycles. The fourth-order valence-corrected chi connectivity index (χ4v) is 3.33. The molecule has 0 spiro atoms. The number of aromatic amines is 1. The molecule has 4 aromatic rings. The lowest BCUT2D eigenvalue weighted by Gasteiger charge is -2.17. The van der Waals surface area contributed by atoms with Crippen LogP contribution < -0.4 is 5.56 Å². The fourth-order valence-electron chi connectivity index (χ4n) is 3.33. The third kappa shape index (κ3) is 1.99.